The van der Waals surface area contributed by atoms with Gasteiger partial charge in [-0.2, -0.15) is 0 Å². The van der Waals surface area contributed by atoms with E-state index >= 15 is 0 Å². The van der Waals surface area contributed by atoms with E-state index in [1.54, 1.807) is 0 Å². The van der Waals surface area contributed by atoms with E-state index < -0.39 is 0 Å². The van der Waals surface area contributed by atoms with Crippen molar-refractivity contribution in [3.63, 3.8) is 0 Å². The van der Waals surface area contributed by atoms with Gasteiger partial charge in [-0.3, -0.25) is 0 Å². The van der Waals surface area contributed by atoms with Crippen molar-refractivity contribution in [2.24, 2.45) is 17.8 Å². The Morgan fingerprint density at radius 3 is 1.82 bits per heavy atom. The first-order valence-corrected chi connectivity index (χ1v) is 8.24. The van der Waals surface area contributed by atoms with Crippen LogP contribution in [0, 0.1) is 17.8 Å². The second-order valence-corrected chi connectivity index (χ2v) is 6.55. The van der Waals surface area contributed by atoms with Crippen molar-refractivity contribution in [1.29, 1.82) is 0 Å². The van der Waals surface area contributed by atoms with E-state index in [-0.39, 0.29) is 0 Å². The van der Waals surface area contributed by atoms with Crippen molar-refractivity contribution in [2.45, 2.75) is 91.4 Å². The number of hydrogen-bond donors (Lipinski definition) is 0. The maximum absolute atomic E-state index is 2.43. The summed E-state index contributed by atoms with van der Waals surface area (Å²) in [7, 11) is 0. The lowest BCUT2D eigenvalue weighted by Crippen LogP contribution is -2.15. The minimum Gasteiger partial charge on any atom is -0.0654 e. The van der Waals surface area contributed by atoms with E-state index in [2.05, 4.69) is 20.8 Å². The quantitative estimate of drug-likeness (QED) is 0.537. The Kier molecular flexibility index (Phi) is 7.97. The SMILES string of the molecule is CC1CCCCC1.CCCC1CCCCC1C. The highest BCUT2D eigenvalue weighted by Crippen LogP contribution is 2.32. The van der Waals surface area contributed by atoms with Crippen LogP contribution in [0.4, 0.5) is 0 Å². The zero-order valence-corrected chi connectivity index (χ0v) is 12.5. The van der Waals surface area contributed by atoms with Crippen LogP contribution in [-0.4, -0.2) is 0 Å². The molecule has 0 amide bonds. The van der Waals surface area contributed by atoms with Crippen LogP contribution in [-0.2, 0) is 0 Å². The molecule has 0 nitrogen and oxygen atoms in total. The lowest BCUT2D eigenvalue weighted by Gasteiger charge is -2.28. The molecule has 2 aliphatic rings. The summed E-state index contributed by atoms with van der Waals surface area (Å²) >= 11 is 0. The molecule has 0 aliphatic heterocycles. The molecule has 0 radical (unpaired) electrons. The van der Waals surface area contributed by atoms with Gasteiger partial charge >= 0.3 is 0 Å². The predicted octanol–water partition coefficient (Wildman–Crippen LogP) is 6.20. The second kappa shape index (κ2) is 9.00. The third-order valence-electron chi connectivity index (χ3n) is 4.84. The highest BCUT2D eigenvalue weighted by Gasteiger charge is 2.19. The summed E-state index contributed by atoms with van der Waals surface area (Å²) in [6.45, 7) is 7.10. The molecule has 2 rings (SSSR count). The lowest BCUT2D eigenvalue weighted by molar-refractivity contribution is 0.240. The van der Waals surface area contributed by atoms with Crippen LogP contribution >= 0.6 is 0 Å². The Bertz CT molecular complexity index is 165. The Hall–Kier alpha value is 0. The van der Waals surface area contributed by atoms with Gasteiger partial charge in [0.1, 0.15) is 0 Å². The largest absolute Gasteiger partial charge is 0.0654 e. The van der Waals surface area contributed by atoms with Crippen molar-refractivity contribution in [2.75, 3.05) is 0 Å². The van der Waals surface area contributed by atoms with E-state index in [1.807, 2.05) is 0 Å². The highest BCUT2D eigenvalue weighted by atomic mass is 14.2. The minimum absolute atomic E-state index is 1.02. The molecule has 2 aliphatic carbocycles. The van der Waals surface area contributed by atoms with Crippen LogP contribution in [0.2, 0.25) is 0 Å². The topological polar surface area (TPSA) is 0 Å². The molecule has 0 N–H and O–H groups in total. The van der Waals surface area contributed by atoms with Crippen molar-refractivity contribution in [1.82, 2.24) is 0 Å². The van der Waals surface area contributed by atoms with Gasteiger partial charge < -0.3 is 0 Å². The average molecular weight is 238 g/mol. The summed E-state index contributed by atoms with van der Waals surface area (Å²) in [4.78, 5) is 0. The fourth-order valence-corrected chi connectivity index (χ4v) is 3.50. The lowest BCUT2D eigenvalue weighted by atomic mass is 9.78. The van der Waals surface area contributed by atoms with Gasteiger partial charge in [0.2, 0.25) is 0 Å². The molecular formula is C17H34. The van der Waals surface area contributed by atoms with E-state index in [1.165, 1.54) is 70.6 Å². The first kappa shape index (κ1) is 15.1. The van der Waals surface area contributed by atoms with Crippen LogP contribution in [0.15, 0.2) is 0 Å². The van der Waals surface area contributed by atoms with Gasteiger partial charge in [0.25, 0.3) is 0 Å². The fourth-order valence-electron chi connectivity index (χ4n) is 3.50. The van der Waals surface area contributed by atoms with E-state index in [4.69, 9.17) is 0 Å². The molecule has 2 fully saturated rings. The Morgan fingerprint density at radius 1 is 0.765 bits per heavy atom. The standard InChI is InChI=1S/C10H20.C7H14/c1-3-6-10-8-5-4-7-9(10)2;1-7-5-3-2-4-6-7/h9-10H,3-8H2,1-2H3;7H,2-6H2,1H3. The zero-order chi connectivity index (χ0) is 12.5. The van der Waals surface area contributed by atoms with Gasteiger partial charge in [0, 0.05) is 0 Å². The molecule has 2 saturated carbocycles. The molecule has 0 heterocycles. The van der Waals surface area contributed by atoms with Crippen molar-refractivity contribution in [3.8, 4) is 0 Å². The van der Waals surface area contributed by atoms with Gasteiger partial charge in [-0.25, -0.2) is 0 Å². The average Bonchev–Trinajstić information content (AvgIpc) is 2.34. The molecule has 102 valence electrons. The maximum atomic E-state index is 2.43. The normalized spacial score (nSPS) is 30.5. The third kappa shape index (κ3) is 6.48. The van der Waals surface area contributed by atoms with Crippen molar-refractivity contribution < 1.29 is 0 Å². The Labute approximate surface area is 110 Å². The molecule has 0 heteroatoms. The number of hydrogen-bond acceptors (Lipinski definition) is 0. The molecule has 0 spiro atoms. The first-order chi connectivity index (χ1) is 8.24. The van der Waals surface area contributed by atoms with Gasteiger partial charge in [0.15, 0.2) is 0 Å². The minimum atomic E-state index is 1.02. The molecular weight excluding hydrogens is 204 g/mol. The molecule has 0 saturated heterocycles. The number of rotatable bonds is 2. The van der Waals surface area contributed by atoms with Crippen LogP contribution < -0.4 is 0 Å². The summed E-state index contributed by atoms with van der Waals surface area (Å²) in [5, 5.41) is 0. The maximum Gasteiger partial charge on any atom is -0.0389 e. The van der Waals surface area contributed by atoms with Crippen LogP contribution in [0.5, 0.6) is 0 Å². The molecule has 2 atom stereocenters. The zero-order valence-electron chi connectivity index (χ0n) is 12.5. The van der Waals surface area contributed by atoms with E-state index in [0.29, 0.717) is 0 Å². The van der Waals surface area contributed by atoms with E-state index in [0.717, 1.165) is 17.8 Å². The van der Waals surface area contributed by atoms with E-state index in [9.17, 15) is 0 Å². The molecule has 0 bridgehead atoms. The van der Waals surface area contributed by atoms with Gasteiger partial charge in [-0.05, 0) is 17.8 Å². The summed E-state index contributed by atoms with van der Waals surface area (Å²) in [5.41, 5.74) is 0. The van der Waals surface area contributed by atoms with Gasteiger partial charge in [-0.1, -0.05) is 91.4 Å². The summed E-state index contributed by atoms with van der Waals surface area (Å²) in [6.07, 6.45) is 16.3. The second-order valence-electron chi connectivity index (χ2n) is 6.55. The monoisotopic (exact) mass is 238 g/mol. The Morgan fingerprint density at radius 2 is 1.35 bits per heavy atom. The van der Waals surface area contributed by atoms with Crippen molar-refractivity contribution >= 4 is 0 Å². The van der Waals surface area contributed by atoms with Crippen LogP contribution in [0.25, 0.3) is 0 Å². The summed E-state index contributed by atoms with van der Waals surface area (Å²) in [6, 6.07) is 0. The molecule has 2 unspecified atom stereocenters. The highest BCUT2D eigenvalue weighted by molar-refractivity contribution is 4.71. The van der Waals surface area contributed by atoms with Gasteiger partial charge in [0.05, 0.1) is 0 Å². The molecule has 0 aromatic carbocycles. The summed E-state index contributed by atoms with van der Waals surface area (Å²) in [5.74, 6) is 3.13. The fraction of sp³-hybridized carbons (Fsp3) is 1.00. The summed E-state index contributed by atoms with van der Waals surface area (Å²) < 4.78 is 0. The van der Waals surface area contributed by atoms with Crippen LogP contribution in [0.3, 0.4) is 0 Å². The van der Waals surface area contributed by atoms with Crippen LogP contribution in [0.1, 0.15) is 91.4 Å². The smallest absolute Gasteiger partial charge is 0.0389 e. The molecule has 17 heavy (non-hydrogen) atoms. The third-order valence-corrected chi connectivity index (χ3v) is 4.84. The molecule has 0 aromatic heterocycles. The molecule has 0 aromatic rings. The Balaban J connectivity index is 0.000000181. The first-order valence-electron chi connectivity index (χ1n) is 8.24. The van der Waals surface area contributed by atoms with Crippen molar-refractivity contribution in [3.05, 3.63) is 0 Å². The van der Waals surface area contributed by atoms with Gasteiger partial charge in [-0.15, -0.1) is 0 Å². The predicted molar refractivity (Wildman–Crippen MR) is 78.3 cm³/mol.